The maximum absolute atomic E-state index is 12.3. The van der Waals surface area contributed by atoms with Crippen LogP contribution in [0.2, 0.25) is 0 Å². The first-order chi connectivity index (χ1) is 8.58. The van der Waals surface area contributed by atoms with Crippen molar-refractivity contribution >= 4 is 17.5 Å². The number of aryl methyl sites for hydroxylation is 2. The molecule has 0 aromatic heterocycles. The summed E-state index contributed by atoms with van der Waals surface area (Å²) >= 11 is 6.27. The number of carbonyl (C=O) groups is 1. The number of halogens is 1. The fourth-order valence-corrected chi connectivity index (χ4v) is 2.82. The van der Waals surface area contributed by atoms with Crippen LogP contribution in [0.3, 0.4) is 0 Å². The van der Waals surface area contributed by atoms with Gasteiger partial charge in [0, 0.05) is 11.6 Å². The zero-order valence-corrected chi connectivity index (χ0v) is 11.8. The van der Waals surface area contributed by atoms with E-state index >= 15 is 0 Å². The average molecular weight is 266 g/mol. The van der Waals surface area contributed by atoms with Crippen molar-refractivity contribution < 1.29 is 4.79 Å². The first-order valence-electron chi connectivity index (χ1n) is 6.60. The molecule has 0 bridgehead atoms. The minimum atomic E-state index is 0.00810. The molecule has 1 aromatic carbocycles. The number of rotatable bonds is 2. The molecular formula is C15H20ClNO. The van der Waals surface area contributed by atoms with Crippen LogP contribution in [0.25, 0.3) is 0 Å². The van der Waals surface area contributed by atoms with Crippen molar-refractivity contribution in [2.75, 3.05) is 0 Å². The highest BCUT2D eigenvalue weighted by Crippen LogP contribution is 2.23. The molecule has 2 atom stereocenters. The summed E-state index contributed by atoms with van der Waals surface area (Å²) in [6.07, 6.45) is 4.31. The molecule has 1 aliphatic rings. The predicted molar refractivity (Wildman–Crippen MR) is 75.3 cm³/mol. The van der Waals surface area contributed by atoms with Crippen molar-refractivity contribution in [3.05, 3.63) is 34.9 Å². The van der Waals surface area contributed by atoms with Gasteiger partial charge in [-0.25, -0.2) is 0 Å². The highest BCUT2D eigenvalue weighted by atomic mass is 35.5. The van der Waals surface area contributed by atoms with Gasteiger partial charge >= 0.3 is 0 Å². The number of hydrogen-bond acceptors (Lipinski definition) is 1. The topological polar surface area (TPSA) is 29.1 Å². The summed E-state index contributed by atoms with van der Waals surface area (Å²) in [4.78, 5) is 12.3. The Balaban J connectivity index is 2.09. The SMILES string of the molecule is Cc1ccc(C)c(C(=O)NC2CCCCC2Cl)c1. The molecule has 0 spiro atoms. The van der Waals surface area contributed by atoms with E-state index in [4.69, 9.17) is 11.6 Å². The summed E-state index contributed by atoms with van der Waals surface area (Å²) in [5, 5.41) is 3.16. The Bertz CT molecular complexity index is 444. The molecule has 2 unspecified atom stereocenters. The molecule has 1 amide bonds. The van der Waals surface area contributed by atoms with Crippen molar-refractivity contribution in [2.24, 2.45) is 0 Å². The van der Waals surface area contributed by atoms with Crippen LogP contribution >= 0.6 is 11.6 Å². The number of carbonyl (C=O) groups excluding carboxylic acids is 1. The van der Waals surface area contributed by atoms with Gasteiger partial charge in [0.1, 0.15) is 0 Å². The minimum absolute atomic E-state index is 0.00810. The Morgan fingerprint density at radius 2 is 2.00 bits per heavy atom. The minimum Gasteiger partial charge on any atom is -0.348 e. The van der Waals surface area contributed by atoms with Crippen LogP contribution in [0.5, 0.6) is 0 Å². The van der Waals surface area contributed by atoms with Gasteiger partial charge < -0.3 is 5.32 Å². The van der Waals surface area contributed by atoms with Crippen molar-refractivity contribution in [1.82, 2.24) is 5.32 Å². The summed E-state index contributed by atoms with van der Waals surface area (Å²) in [5.74, 6) is 0.00810. The lowest BCUT2D eigenvalue weighted by molar-refractivity contribution is 0.0928. The van der Waals surface area contributed by atoms with Gasteiger partial charge in [0.15, 0.2) is 0 Å². The standard InChI is InChI=1S/C15H20ClNO/c1-10-7-8-11(2)12(9-10)15(18)17-14-6-4-3-5-13(14)16/h7-9,13-14H,3-6H2,1-2H3,(H,17,18). The van der Waals surface area contributed by atoms with Gasteiger partial charge in [-0.15, -0.1) is 11.6 Å². The first kappa shape index (κ1) is 13.4. The van der Waals surface area contributed by atoms with E-state index in [-0.39, 0.29) is 17.3 Å². The molecular weight excluding hydrogens is 246 g/mol. The van der Waals surface area contributed by atoms with E-state index < -0.39 is 0 Å². The van der Waals surface area contributed by atoms with Gasteiger partial charge in [-0.1, -0.05) is 30.5 Å². The molecule has 0 aliphatic heterocycles. The van der Waals surface area contributed by atoms with E-state index in [1.165, 1.54) is 6.42 Å². The zero-order chi connectivity index (χ0) is 13.1. The molecule has 1 aromatic rings. The third kappa shape index (κ3) is 3.05. The quantitative estimate of drug-likeness (QED) is 0.814. The van der Waals surface area contributed by atoms with Crippen molar-refractivity contribution in [3.63, 3.8) is 0 Å². The van der Waals surface area contributed by atoms with Crippen molar-refractivity contribution in [1.29, 1.82) is 0 Å². The lowest BCUT2D eigenvalue weighted by Gasteiger charge is -2.28. The maximum Gasteiger partial charge on any atom is 0.251 e. The summed E-state index contributed by atoms with van der Waals surface area (Å²) in [5.41, 5.74) is 2.89. The average Bonchev–Trinajstić information content (AvgIpc) is 2.35. The van der Waals surface area contributed by atoms with E-state index in [0.29, 0.717) is 0 Å². The van der Waals surface area contributed by atoms with Crippen LogP contribution in [0.1, 0.15) is 47.2 Å². The Morgan fingerprint density at radius 1 is 1.28 bits per heavy atom. The molecule has 3 heteroatoms. The molecule has 2 nitrogen and oxygen atoms in total. The molecule has 1 saturated carbocycles. The second-order valence-electron chi connectivity index (χ2n) is 5.20. The summed E-state index contributed by atoms with van der Waals surface area (Å²) in [6, 6.07) is 6.07. The molecule has 1 N–H and O–H groups in total. The van der Waals surface area contributed by atoms with E-state index in [2.05, 4.69) is 5.32 Å². The molecule has 98 valence electrons. The van der Waals surface area contributed by atoms with Crippen molar-refractivity contribution in [2.45, 2.75) is 50.9 Å². The van der Waals surface area contributed by atoms with Crippen LogP contribution in [0, 0.1) is 13.8 Å². The van der Waals surface area contributed by atoms with Crippen LogP contribution in [0.4, 0.5) is 0 Å². The second-order valence-corrected chi connectivity index (χ2v) is 5.76. The number of nitrogens with one attached hydrogen (secondary N) is 1. The lowest BCUT2D eigenvalue weighted by atomic mass is 9.94. The largest absolute Gasteiger partial charge is 0.348 e. The second kappa shape index (κ2) is 5.75. The van der Waals surface area contributed by atoms with Gasteiger partial charge in [-0.05, 0) is 38.3 Å². The molecule has 1 fully saturated rings. The van der Waals surface area contributed by atoms with E-state index in [9.17, 15) is 4.79 Å². The monoisotopic (exact) mass is 265 g/mol. The van der Waals surface area contributed by atoms with Crippen LogP contribution in [-0.2, 0) is 0 Å². The van der Waals surface area contributed by atoms with E-state index in [1.807, 2.05) is 32.0 Å². The molecule has 0 saturated heterocycles. The summed E-state index contributed by atoms with van der Waals surface area (Å²) in [6.45, 7) is 3.97. The smallest absolute Gasteiger partial charge is 0.251 e. The first-order valence-corrected chi connectivity index (χ1v) is 7.04. The fraction of sp³-hybridized carbons (Fsp3) is 0.533. The third-order valence-corrected chi connectivity index (χ3v) is 4.16. The predicted octanol–water partition coefficient (Wildman–Crippen LogP) is 3.58. The Morgan fingerprint density at radius 3 is 2.72 bits per heavy atom. The lowest BCUT2D eigenvalue weighted by Crippen LogP contribution is -2.43. The van der Waals surface area contributed by atoms with Gasteiger partial charge in [0.2, 0.25) is 0 Å². The summed E-state index contributed by atoms with van der Waals surface area (Å²) in [7, 11) is 0. The van der Waals surface area contributed by atoms with Gasteiger partial charge in [-0.3, -0.25) is 4.79 Å². The molecule has 1 aliphatic carbocycles. The third-order valence-electron chi connectivity index (χ3n) is 3.64. The van der Waals surface area contributed by atoms with Gasteiger partial charge in [0.05, 0.1) is 5.38 Å². The van der Waals surface area contributed by atoms with Crippen LogP contribution < -0.4 is 5.32 Å². The molecule has 0 radical (unpaired) electrons. The van der Waals surface area contributed by atoms with E-state index in [1.54, 1.807) is 0 Å². The molecule has 0 heterocycles. The van der Waals surface area contributed by atoms with Crippen molar-refractivity contribution in [3.8, 4) is 0 Å². The Labute approximate surface area is 114 Å². The molecule has 18 heavy (non-hydrogen) atoms. The van der Waals surface area contributed by atoms with E-state index in [0.717, 1.165) is 36.0 Å². The Kier molecular flexibility index (Phi) is 4.28. The highest BCUT2D eigenvalue weighted by Gasteiger charge is 2.25. The molecule has 2 rings (SSSR count). The van der Waals surface area contributed by atoms with Crippen LogP contribution in [-0.4, -0.2) is 17.3 Å². The highest BCUT2D eigenvalue weighted by molar-refractivity contribution is 6.21. The Hall–Kier alpha value is -1.02. The number of alkyl halides is 1. The number of benzene rings is 1. The normalized spacial score (nSPS) is 23.7. The summed E-state index contributed by atoms with van der Waals surface area (Å²) < 4.78 is 0. The van der Waals surface area contributed by atoms with Gasteiger partial charge in [-0.2, -0.15) is 0 Å². The zero-order valence-electron chi connectivity index (χ0n) is 11.0. The van der Waals surface area contributed by atoms with Gasteiger partial charge in [0.25, 0.3) is 5.91 Å². The maximum atomic E-state index is 12.3. The number of amides is 1. The fourth-order valence-electron chi connectivity index (χ4n) is 2.47. The number of hydrogen-bond donors (Lipinski definition) is 1. The van der Waals surface area contributed by atoms with Crippen LogP contribution in [0.15, 0.2) is 18.2 Å².